The number of carbonyl (C=O) groups excluding carboxylic acids is 1. The van der Waals surface area contributed by atoms with Crippen molar-refractivity contribution in [3.05, 3.63) is 60.4 Å². The SMILES string of the molecule is O=C(Cc1ccccc1)N1CCC(CCOc2cccnc2)CC1. The molecule has 2 heterocycles. The number of aromatic nitrogens is 1. The fourth-order valence-electron chi connectivity index (χ4n) is 3.13. The number of amides is 1. The fourth-order valence-corrected chi connectivity index (χ4v) is 3.13. The van der Waals surface area contributed by atoms with Gasteiger partial charge in [0.1, 0.15) is 5.75 Å². The monoisotopic (exact) mass is 324 g/mol. The Balaban J connectivity index is 1.37. The van der Waals surface area contributed by atoms with Crippen molar-refractivity contribution in [3.8, 4) is 5.75 Å². The molecule has 1 aromatic heterocycles. The van der Waals surface area contributed by atoms with E-state index < -0.39 is 0 Å². The molecule has 1 aromatic carbocycles. The zero-order valence-electron chi connectivity index (χ0n) is 13.9. The summed E-state index contributed by atoms with van der Waals surface area (Å²) in [7, 11) is 0. The van der Waals surface area contributed by atoms with Gasteiger partial charge in [-0.25, -0.2) is 0 Å². The number of piperidine rings is 1. The summed E-state index contributed by atoms with van der Waals surface area (Å²) < 4.78 is 5.72. The molecule has 0 saturated carbocycles. The van der Waals surface area contributed by atoms with Crippen molar-refractivity contribution in [1.29, 1.82) is 0 Å². The smallest absolute Gasteiger partial charge is 0.226 e. The van der Waals surface area contributed by atoms with Crippen LogP contribution < -0.4 is 4.74 Å². The Bertz CT molecular complexity index is 623. The molecule has 0 spiro atoms. The van der Waals surface area contributed by atoms with Crippen molar-refractivity contribution in [2.24, 2.45) is 5.92 Å². The molecule has 0 aliphatic carbocycles. The van der Waals surface area contributed by atoms with Crippen LogP contribution in [0.15, 0.2) is 54.9 Å². The normalized spacial score (nSPS) is 15.2. The molecule has 1 amide bonds. The van der Waals surface area contributed by atoms with Crippen molar-refractivity contribution < 1.29 is 9.53 Å². The van der Waals surface area contributed by atoms with Gasteiger partial charge < -0.3 is 9.64 Å². The van der Waals surface area contributed by atoms with Crippen LogP contribution >= 0.6 is 0 Å². The minimum Gasteiger partial charge on any atom is -0.492 e. The van der Waals surface area contributed by atoms with Gasteiger partial charge in [-0.3, -0.25) is 9.78 Å². The lowest BCUT2D eigenvalue weighted by molar-refractivity contribution is -0.131. The molecular weight excluding hydrogens is 300 g/mol. The van der Waals surface area contributed by atoms with Crippen LogP contribution in [0.1, 0.15) is 24.8 Å². The molecule has 1 saturated heterocycles. The second-order valence-electron chi connectivity index (χ2n) is 6.31. The lowest BCUT2D eigenvalue weighted by Crippen LogP contribution is -2.39. The quantitative estimate of drug-likeness (QED) is 0.818. The van der Waals surface area contributed by atoms with E-state index in [0.29, 0.717) is 18.9 Å². The van der Waals surface area contributed by atoms with Gasteiger partial charge in [-0.15, -0.1) is 0 Å². The molecule has 2 aromatic rings. The first-order chi connectivity index (χ1) is 11.8. The predicted molar refractivity (Wildman–Crippen MR) is 93.8 cm³/mol. The number of nitrogens with zero attached hydrogens (tertiary/aromatic N) is 2. The van der Waals surface area contributed by atoms with Crippen molar-refractivity contribution in [3.63, 3.8) is 0 Å². The van der Waals surface area contributed by atoms with E-state index in [1.54, 1.807) is 12.4 Å². The van der Waals surface area contributed by atoms with Crippen LogP contribution in [-0.4, -0.2) is 35.5 Å². The van der Waals surface area contributed by atoms with Crippen LogP contribution in [0.5, 0.6) is 5.75 Å². The number of rotatable bonds is 6. The van der Waals surface area contributed by atoms with Crippen molar-refractivity contribution in [2.75, 3.05) is 19.7 Å². The van der Waals surface area contributed by atoms with E-state index in [1.165, 1.54) is 0 Å². The molecule has 126 valence electrons. The first kappa shape index (κ1) is 16.5. The van der Waals surface area contributed by atoms with E-state index >= 15 is 0 Å². The third kappa shape index (κ3) is 4.82. The Hall–Kier alpha value is -2.36. The van der Waals surface area contributed by atoms with Crippen LogP contribution in [0.4, 0.5) is 0 Å². The third-order valence-electron chi connectivity index (χ3n) is 4.59. The van der Waals surface area contributed by atoms with Gasteiger partial charge >= 0.3 is 0 Å². The van der Waals surface area contributed by atoms with Crippen LogP contribution in [0, 0.1) is 5.92 Å². The molecule has 1 fully saturated rings. The fraction of sp³-hybridized carbons (Fsp3) is 0.400. The first-order valence-electron chi connectivity index (χ1n) is 8.66. The van der Waals surface area contributed by atoms with Gasteiger partial charge in [-0.05, 0) is 42.9 Å². The van der Waals surface area contributed by atoms with Gasteiger partial charge in [0, 0.05) is 19.3 Å². The average molecular weight is 324 g/mol. The Morgan fingerprint density at radius 1 is 1.12 bits per heavy atom. The van der Waals surface area contributed by atoms with Gasteiger partial charge in [0.15, 0.2) is 0 Å². The Morgan fingerprint density at radius 2 is 1.92 bits per heavy atom. The maximum absolute atomic E-state index is 12.4. The van der Waals surface area contributed by atoms with E-state index in [1.807, 2.05) is 47.4 Å². The van der Waals surface area contributed by atoms with Crippen molar-refractivity contribution >= 4 is 5.91 Å². The van der Waals surface area contributed by atoms with E-state index in [-0.39, 0.29) is 5.91 Å². The number of carbonyl (C=O) groups is 1. The molecular formula is C20H24N2O2. The molecule has 0 unspecified atom stereocenters. The number of likely N-dealkylation sites (tertiary alicyclic amines) is 1. The van der Waals surface area contributed by atoms with Crippen LogP contribution in [-0.2, 0) is 11.2 Å². The molecule has 0 N–H and O–H groups in total. The molecule has 4 heteroatoms. The van der Waals surface area contributed by atoms with E-state index in [0.717, 1.165) is 43.7 Å². The summed E-state index contributed by atoms with van der Waals surface area (Å²) in [6, 6.07) is 13.8. The summed E-state index contributed by atoms with van der Waals surface area (Å²) in [6.07, 6.45) is 7.17. The Morgan fingerprint density at radius 3 is 2.62 bits per heavy atom. The zero-order chi connectivity index (χ0) is 16.6. The largest absolute Gasteiger partial charge is 0.492 e. The highest BCUT2D eigenvalue weighted by molar-refractivity contribution is 5.78. The summed E-state index contributed by atoms with van der Waals surface area (Å²) in [6.45, 7) is 2.45. The molecule has 0 radical (unpaired) electrons. The van der Waals surface area contributed by atoms with E-state index in [4.69, 9.17) is 4.74 Å². The molecule has 4 nitrogen and oxygen atoms in total. The second-order valence-corrected chi connectivity index (χ2v) is 6.31. The van der Waals surface area contributed by atoms with Gasteiger partial charge in [0.25, 0.3) is 0 Å². The summed E-state index contributed by atoms with van der Waals surface area (Å²) in [5.41, 5.74) is 1.09. The van der Waals surface area contributed by atoms with Crippen LogP contribution in [0.2, 0.25) is 0 Å². The van der Waals surface area contributed by atoms with Gasteiger partial charge in [0.2, 0.25) is 5.91 Å². The molecule has 0 atom stereocenters. The van der Waals surface area contributed by atoms with E-state index in [2.05, 4.69) is 4.98 Å². The van der Waals surface area contributed by atoms with E-state index in [9.17, 15) is 4.79 Å². The minimum atomic E-state index is 0.242. The summed E-state index contributed by atoms with van der Waals surface area (Å²) in [5, 5.41) is 0. The Kier molecular flexibility index (Phi) is 5.83. The lowest BCUT2D eigenvalue weighted by Gasteiger charge is -2.32. The van der Waals surface area contributed by atoms with Crippen LogP contribution in [0.25, 0.3) is 0 Å². The Labute approximate surface area is 143 Å². The highest BCUT2D eigenvalue weighted by Crippen LogP contribution is 2.21. The topological polar surface area (TPSA) is 42.4 Å². The molecule has 1 aliphatic rings. The average Bonchev–Trinajstić information content (AvgIpc) is 2.64. The van der Waals surface area contributed by atoms with Crippen molar-refractivity contribution in [1.82, 2.24) is 9.88 Å². The summed E-state index contributed by atoms with van der Waals surface area (Å²) >= 11 is 0. The number of pyridine rings is 1. The zero-order valence-corrected chi connectivity index (χ0v) is 13.9. The third-order valence-corrected chi connectivity index (χ3v) is 4.59. The lowest BCUT2D eigenvalue weighted by atomic mass is 9.93. The minimum absolute atomic E-state index is 0.242. The summed E-state index contributed by atoms with van der Waals surface area (Å²) in [4.78, 5) is 18.4. The predicted octanol–water partition coefficient (Wildman–Crippen LogP) is 3.33. The number of ether oxygens (including phenoxy) is 1. The molecule has 0 bridgehead atoms. The summed E-state index contributed by atoms with van der Waals surface area (Å²) in [5.74, 6) is 1.71. The molecule has 1 aliphatic heterocycles. The van der Waals surface area contributed by atoms with Gasteiger partial charge in [-0.2, -0.15) is 0 Å². The second kappa shape index (κ2) is 8.48. The van der Waals surface area contributed by atoms with Crippen molar-refractivity contribution in [2.45, 2.75) is 25.7 Å². The maximum atomic E-state index is 12.4. The van der Waals surface area contributed by atoms with Crippen LogP contribution in [0.3, 0.4) is 0 Å². The number of hydrogen-bond donors (Lipinski definition) is 0. The maximum Gasteiger partial charge on any atom is 0.226 e. The highest BCUT2D eigenvalue weighted by atomic mass is 16.5. The number of hydrogen-bond acceptors (Lipinski definition) is 3. The molecule has 24 heavy (non-hydrogen) atoms. The standard InChI is InChI=1S/C20H24N2O2/c23-20(15-18-5-2-1-3-6-18)22-12-8-17(9-13-22)10-14-24-19-7-4-11-21-16-19/h1-7,11,16-17H,8-10,12-15H2. The number of benzene rings is 1. The molecule has 3 rings (SSSR count). The first-order valence-corrected chi connectivity index (χ1v) is 8.66. The highest BCUT2D eigenvalue weighted by Gasteiger charge is 2.22. The van der Waals surface area contributed by atoms with Gasteiger partial charge in [-0.1, -0.05) is 30.3 Å². The van der Waals surface area contributed by atoms with Gasteiger partial charge in [0.05, 0.1) is 19.2 Å².